The Balaban J connectivity index is 3.26. The number of benzene rings is 1. The van der Waals surface area contributed by atoms with Gasteiger partial charge in [0, 0.05) is 6.42 Å². The number of carbonyl (C=O) groups is 8. The van der Waals surface area contributed by atoms with Gasteiger partial charge in [0.15, 0.2) is 6.04 Å². The number of phenols is 1. The number of ether oxygens (including phenoxy) is 1. The summed E-state index contributed by atoms with van der Waals surface area (Å²) >= 11 is 0. The van der Waals surface area contributed by atoms with E-state index in [4.69, 9.17) is 16.2 Å². The van der Waals surface area contributed by atoms with E-state index in [0.29, 0.717) is 5.56 Å². The molecule has 0 radical (unpaired) electrons. The van der Waals surface area contributed by atoms with Crippen LogP contribution in [-0.4, -0.2) is 133 Å². The lowest BCUT2D eigenvalue weighted by atomic mass is 10.0. The van der Waals surface area contributed by atoms with Gasteiger partial charge in [0.2, 0.25) is 35.4 Å². The van der Waals surface area contributed by atoms with E-state index in [9.17, 15) is 63.9 Å². The summed E-state index contributed by atoms with van der Waals surface area (Å²) < 4.78 is 5.12. The summed E-state index contributed by atoms with van der Waals surface area (Å²) in [4.78, 5) is 102. The van der Waals surface area contributed by atoms with Crippen molar-refractivity contribution in [1.82, 2.24) is 26.6 Å². The molecular formula is C33H51N7O14. The Bertz CT molecular complexity index is 1510. The van der Waals surface area contributed by atoms with Crippen molar-refractivity contribution < 1.29 is 68.6 Å². The minimum absolute atomic E-state index is 0.128. The predicted molar refractivity (Wildman–Crippen MR) is 186 cm³/mol. The maximum Gasteiger partial charge on any atom is 0.328 e. The van der Waals surface area contributed by atoms with Crippen LogP contribution < -0.4 is 38.1 Å². The molecule has 1 aromatic carbocycles. The van der Waals surface area contributed by atoms with Gasteiger partial charge >= 0.3 is 11.9 Å². The molecule has 302 valence electrons. The quantitative estimate of drug-likeness (QED) is 0.0556. The molecule has 0 aliphatic rings. The highest BCUT2D eigenvalue weighted by Crippen LogP contribution is 2.13. The number of nitrogens with one attached hydrogen (secondary N) is 5. The van der Waals surface area contributed by atoms with E-state index < -0.39 is 120 Å². The number of aromatic hydroxyl groups is 1. The Hall–Kier alpha value is -5.38. The summed E-state index contributed by atoms with van der Waals surface area (Å²) in [5.41, 5.74) is 10.6. The van der Waals surface area contributed by atoms with Crippen molar-refractivity contribution in [3.63, 3.8) is 0 Å². The van der Waals surface area contributed by atoms with Gasteiger partial charge in [-0.25, -0.2) is 4.79 Å². The number of amides is 6. The molecule has 0 aliphatic carbocycles. The zero-order chi connectivity index (χ0) is 41.7. The van der Waals surface area contributed by atoms with Crippen LogP contribution in [0.25, 0.3) is 0 Å². The minimum Gasteiger partial charge on any atom is -0.508 e. The molecule has 0 bridgehead atoms. The first-order chi connectivity index (χ1) is 24.8. The Labute approximate surface area is 310 Å². The van der Waals surface area contributed by atoms with Gasteiger partial charge in [0.05, 0.1) is 37.2 Å². The number of phenolic OH excluding ortho intramolecular Hbond substituents is 1. The second-order valence-electron chi connectivity index (χ2n) is 13.6. The van der Waals surface area contributed by atoms with Crippen LogP contribution in [-0.2, 0) is 49.5 Å². The summed E-state index contributed by atoms with van der Waals surface area (Å²) in [6, 6.07) is -5.12. The van der Waals surface area contributed by atoms with Gasteiger partial charge in [-0.05, 0) is 59.2 Å². The van der Waals surface area contributed by atoms with Gasteiger partial charge in [0.1, 0.15) is 35.5 Å². The Morgan fingerprint density at radius 2 is 1.09 bits per heavy atom. The number of aliphatic hydroxyl groups excluding tert-OH is 3. The first-order valence-electron chi connectivity index (χ1n) is 16.6. The number of carboxylic acid groups (broad SMARTS) is 1. The van der Waals surface area contributed by atoms with E-state index in [1.165, 1.54) is 24.3 Å². The van der Waals surface area contributed by atoms with Crippen LogP contribution in [0.4, 0.5) is 0 Å². The Morgan fingerprint density at radius 3 is 1.54 bits per heavy atom. The third kappa shape index (κ3) is 16.1. The molecule has 0 aromatic heterocycles. The first-order valence-corrected chi connectivity index (χ1v) is 16.6. The summed E-state index contributed by atoms with van der Waals surface area (Å²) in [5.74, 6) is -9.49. The smallest absolute Gasteiger partial charge is 0.328 e. The molecular weight excluding hydrogens is 718 g/mol. The fraction of sp³-hybridized carbons (Fsp3) is 0.576. The number of carboxylic acids is 1. The number of aliphatic hydroxyl groups is 3. The number of carbonyl (C=O) groups excluding carboxylic acids is 7. The SMILES string of the molecule is C[C@@H](O)[C@H](NC(=O)[C@H](Cc1ccc(O)cc1)NC(=O)[C@H](CC(N)=O)NC(=O)[C@@H](NC(=O)[C@@H](NC(=O)[C@H](N)CC(=O)OC(C)(C)C)[C@@H](C)O)[C@@H](C)O)C(=O)O. The number of esters is 1. The van der Waals surface area contributed by atoms with Crippen molar-refractivity contribution >= 4 is 47.4 Å². The molecule has 0 saturated carbocycles. The highest BCUT2D eigenvalue weighted by Gasteiger charge is 2.37. The average molecular weight is 770 g/mol. The van der Waals surface area contributed by atoms with Crippen LogP contribution in [0, 0.1) is 0 Å². The maximum absolute atomic E-state index is 13.5. The molecule has 0 spiro atoms. The highest BCUT2D eigenvalue weighted by molar-refractivity contribution is 5.98. The second-order valence-corrected chi connectivity index (χ2v) is 13.6. The van der Waals surface area contributed by atoms with Gasteiger partial charge in [-0.1, -0.05) is 12.1 Å². The van der Waals surface area contributed by atoms with Crippen LogP contribution >= 0.6 is 0 Å². The summed E-state index contributed by atoms with van der Waals surface area (Å²) in [5, 5.41) is 60.3. The molecule has 0 unspecified atom stereocenters. The summed E-state index contributed by atoms with van der Waals surface area (Å²) in [7, 11) is 0. The molecule has 0 heterocycles. The zero-order valence-corrected chi connectivity index (χ0v) is 30.7. The number of primary amides is 1. The zero-order valence-electron chi connectivity index (χ0n) is 30.7. The van der Waals surface area contributed by atoms with Crippen LogP contribution in [0.5, 0.6) is 5.75 Å². The van der Waals surface area contributed by atoms with E-state index in [-0.39, 0.29) is 12.2 Å². The number of hydrogen-bond acceptors (Lipinski definition) is 14. The van der Waals surface area contributed by atoms with Crippen molar-refractivity contribution in [1.29, 1.82) is 0 Å². The molecule has 0 aliphatic heterocycles. The van der Waals surface area contributed by atoms with Crippen LogP contribution in [0.15, 0.2) is 24.3 Å². The molecule has 0 saturated heterocycles. The molecule has 21 nitrogen and oxygen atoms in total. The van der Waals surface area contributed by atoms with E-state index in [1.54, 1.807) is 20.8 Å². The van der Waals surface area contributed by atoms with Crippen molar-refractivity contribution in [2.24, 2.45) is 11.5 Å². The van der Waals surface area contributed by atoms with Gasteiger partial charge in [-0.2, -0.15) is 0 Å². The lowest BCUT2D eigenvalue weighted by molar-refractivity contribution is -0.156. The molecule has 14 N–H and O–H groups in total. The van der Waals surface area contributed by atoms with Crippen molar-refractivity contribution in [3.05, 3.63) is 29.8 Å². The topological polar surface area (TPSA) is 359 Å². The second kappa shape index (κ2) is 20.8. The van der Waals surface area contributed by atoms with Crippen LogP contribution in [0.1, 0.15) is 59.9 Å². The molecule has 1 rings (SSSR count). The monoisotopic (exact) mass is 769 g/mol. The molecule has 6 amide bonds. The van der Waals surface area contributed by atoms with Crippen LogP contribution in [0.2, 0.25) is 0 Å². The summed E-state index contributed by atoms with van der Waals surface area (Å²) in [6.45, 7) is 8.06. The summed E-state index contributed by atoms with van der Waals surface area (Å²) in [6.07, 6.45) is -6.66. The van der Waals surface area contributed by atoms with Crippen LogP contribution in [0.3, 0.4) is 0 Å². The van der Waals surface area contributed by atoms with Gasteiger partial charge in [0.25, 0.3) is 0 Å². The molecule has 9 atom stereocenters. The van der Waals surface area contributed by atoms with Crippen molar-refractivity contribution in [2.45, 2.75) is 121 Å². The predicted octanol–water partition coefficient (Wildman–Crippen LogP) is -4.48. The largest absolute Gasteiger partial charge is 0.508 e. The third-order valence-electron chi connectivity index (χ3n) is 7.36. The third-order valence-corrected chi connectivity index (χ3v) is 7.36. The fourth-order valence-electron chi connectivity index (χ4n) is 4.63. The number of aliphatic carboxylic acids is 1. The number of nitrogens with two attached hydrogens (primary N) is 2. The molecule has 54 heavy (non-hydrogen) atoms. The lowest BCUT2D eigenvalue weighted by Gasteiger charge is -2.28. The van der Waals surface area contributed by atoms with Gasteiger partial charge in [-0.3, -0.25) is 33.6 Å². The fourth-order valence-corrected chi connectivity index (χ4v) is 4.63. The van der Waals surface area contributed by atoms with E-state index in [1.807, 2.05) is 0 Å². The maximum atomic E-state index is 13.5. The van der Waals surface area contributed by atoms with E-state index in [0.717, 1.165) is 20.8 Å². The van der Waals surface area contributed by atoms with Crippen molar-refractivity contribution in [2.75, 3.05) is 0 Å². The lowest BCUT2D eigenvalue weighted by Crippen LogP contribution is -2.63. The van der Waals surface area contributed by atoms with Gasteiger partial charge in [-0.15, -0.1) is 0 Å². The Morgan fingerprint density at radius 1 is 0.667 bits per heavy atom. The average Bonchev–Trinajstić information content (AvgIpc) is 3.02. The highest BCUT2D eigenvalue weighted by atomic mass is 16.6. The van der Waals surface area contributed by atoms with E-state index in [2.05, 4.69) is 26.6 Å². The minimum atomic E-state index is -1.90. The number of hydrogen-bond donors (Lipinski definition) is 12. The van der Waals surface area contributed by atoms with Gasteiger partial charge < -0.3 is 68.3 Å². The first kappa shape index (κ1) is 46.6. The van der Waals surface area contributed by atoms with Crippen molar-refractivity contribution in [3.8, 4) is 5.75 Å². The molecule has 1 aromatic rings. The van der Waals surface area contributed by atoms with E-state index >= 15 is 0 Å². The normalized spacial score (nSPS) is 16.3. The molecule has 0 fully saturated rings. The number of rotatable bonds is 20. The standard InChI is InChI=1S/C33H51N7O14/c1-14(41)24(39-31(51)25(15(2)42)38-27(47)19(34)12-23(46)54-33(4,5)6)30(50)37-21(13-22(35)45)28(48)36-20(11-17-7-9-18(44)10-8-17)29(49)40-26(16(3)43)32(52)53/h7-10,14-16,19-21,24-26,41-44H,11-13,34H2,1-6H3,(H2,35,45)(H,36,48)(H,37,50)(H,38,47)(H,39,51)(H,40,49)(H,52,53)/t14-,15-,16-,19-,20+,21+,24+,25+,26+/m1/s1. The Kier molecular flexibility index (Phi) is 17.9. The molecule has 21 heteroatoms.